The fourth-order valence-corrected chi connectivity index (χ4v) is 3.69. The van der Waals surface area contributed by atoms with Crippen LogP contribution < -0.4 is 15.9 Å². The van der Waals surface area contributed by atoms with Crippen molar-refractivity contribution in [2.24, 2.45) is 11.1 Å². The van der Waals surface area contributed by atoms with Crippen molar-refractivity contribution in [1.82, 2.24) is 25.4 Å². The highest BCUT2D eigenvalue weighted by Gasteiger charge is 2.45. The Kier molecular flexibility index (Phi) is 6.53. The van der Waals surface area contributed by atoms with Crippen LogP contribution in [-0.4, -0.2) is 68.3 Å². The summed E-state index contributed by atoms with van der Waals surface area (Å²) < 4.78 is 5.33. The first-order valence-electron chi connectivity index (χ1n) is 10.8. The minimum atomic E-state index is -0.944. The SMILES string of the molecule is CC(C)(C)OC(=O)N[C@H](C(=O)N1CC(On2nnc3ccccc32)C[C@H]1C(N)=O)C(C)(C)C. The van der Waals surface area contributed by atoms with E-state index in [1.807, 2.05) is 32.9 Å². The van der Waals surface area contributed by atoms with E-state index in [1.54, 1.807) is 32.9 Å². The molecular weight excluding hydrogens is 428 g/mol. The largest absolute Gasteiger partial charge is 0.444 e. The molecule has 1 aliphatic rings. The van der Waals surface area contributed by atoms with Gasteiger partial charge in [0.1, 0.15) is 34.8 Å². The molecule has 1 aromatic heterocycles. The summed E-state index contributed by atoms with van der Waals surface area (Å²) in [6.07, 6.45) is -1.07. The molecule has 3 amide bonds. The van der Waals surface area contributed by atoms with Crippen molar-refractivity contribution in [2.45, 2.75) is 71.8 Å². The van der Waals surface area contributed by atoms with Crippen LogP contribution in [0.3, 0.4) is 0 Å². The summed E-state index contributed by atoms with van der Waals surface area (Å²) in [5.41, 5.74) is 5.55. The van der Waals surface area contributed by atoms with E-state index in [-0.39, 0.29) is 13.0 Å². The van der Waals surface area contributed by atoms with E-state index in [1.165, 1.54) is 9.75 Å². The van der Waals surface area contributed by atoms with Crippen LogP contribution in [0.2, 0.25) is 0 Å². The quantitative estimate of drug-likeness (QED) is 0.684. The van der Waals surface area contributed by atoms with Crippen molar-refractivity contribution in [3.63, 3.8) is 0 Å². The summed E-state index contributed by atoms with van der Waals surface area (Å²) >= 11 is 0. The number of carbonyl (C=O) groups excluding carboxylic acids is 3. The number of rotatable bonds is 5. The molecule has 0 bridgehead atoms. The first-order valence-corrected chi connectivity index (χ1v) is 10.8. The van der Waals surface area contributed by atoms with Crippen molar-refractivity contribution in [3.05, 3.63) is 24.3 Å². The number of nitrogens with zero attached hydrogens (tertiary/aromatic N) is 4. The lowest BCUT2D eigenvalue weighted by Crippen LogP contribution is -2.58. The molecule has 1 unspecified atom stereocenters. The number of nitrogens with one attached hydrogen (secondary N) is 1. The minimum absolute atomic E-state index is 0.100. The number of carbonyl (C=O) groups is 3. The van der Waals surface area contributed by atoms with Gasteiger partial charge >= 0.3 is 6.09 Å². The Bertz CT molecular complexity index is 1040. The molecule has 3 rings (SSSR count). The number of alkyl carbamates (subject to hydrolysis) is 1. The van der Waals surface area contributed by atoms with Gasteiger partial charge in [0.15, 0.2) is 0 Å². The van der Waals surface area contributed by atoms with Gasteiger partial charge in [0.05, 0.1) is 6.54 Å². The lowest BCUT2D eigenvalue weighted by atomic mass is 9.85. The van der Waals surface area contributed by atoms with Gasteiger partial charge in [-0.1, -0.05) is 37.7 Å². The van der Waals surface area contributed by atoms with Crippen LogP contribution in [0.15, 0.2) is 24.3 Å². The Morgan fingerprint density at radius 2 is 1.82 bits per heavy atom. The second-order valence-corrected chi connectivity index (χ2v) is 10.3. The first kappa shape index (κ1) is 24.3. The average Bonchev–Trinajstić information content (AvgIpc) is 3.28. The molecule has 11 heteroatoms. The average molecular weight is 461 g/mol. The Morgan fingerprint density at radius 3 is 2.42 bits per heavy atom. The molecule has 0 radical (unpaired) electrons. The van der Waals surface area contributed by atoms with E-state index in [9.17, 15) is 14.4 Å². The number of aromatic nitrogens is 3. The van der Waals surface area contributed by atoms with Crippen molar-refractivity contribution < 1.29 is 24.0 Å². The van der Waals surface area contributed by atoms with Gasteiger partial charge < -0.3 is 25.5 Å². The van der Waals surface area contributed by atoms with Crippen molar-refractivity contribution in [3.8, 4) is 0 Å². The maximum atomic E-state index is 13.5. The number of ether oxygens (including phenoxy) is 1. The van der Waals surface area contributed by atoms with E-state index < -0.39 is 47.1 Å². The number of fused-ring (bicyclic) bond motifs is 1. The Hall–Kier alpha value is -3.37. The smallest absolute Gasteiger partial charge is 0.408 e. The molecule has 1 fully saturated rings. The third-order valence-corrected chi connectivity index (χ3v) is 5.22. The van der Waals surface area contributed by atoms with E-state index in [0.717, 1.165) is 0 Å². The lowest BCUT2D eigenvalue weighted by Gasteiger charge is -2.35. The zero-order valence-corrected chi connectivity index (χ0v) is 19.9. The highest BCUT2D eigenvalue weighted by molar-refractivity contribution is 5.92. The summed E-state index contributed by atoms with van der Waals surface area (Å²) in [6.45, 7) is 10.8. The van der Waals surface area contributed by atoms with Crippen LogP contribution in [-0.2, 0) is 14.3 Å². The fourth-order valence-electron chi connectivity index (χ4n) is 3.69. The number of para-hydroxylation sites is 1. The monoisotopic (exact) mass is 460 g/mol. The van der Waals surface area contributed by atoms with Gasteiger partial charge in [0.2, 0.25) is 11.8 Å². The minimum Gasteiger partial charge on any atom is -0.444 e. The molecule has 0 aliphatic carbocycles. The number of primary amides is 1. The molecule has 3 atom stereocenters. The number of hydrogen-bond acceptors (Lipinski definition) is 7. The third-order valence-electron chi connectivity index (χ3n) is 5.22. The molecule has 1 saturated heterocycles. The Labute approximate surface area is 192 Å². The van der Waals surface area contributed by atoms with E-state index in [4.69, 9.17) is 15.3 Å². The van der Waals surface area contributed by atoms with Crippen molar-refractivity contribution in [1.29, 1.82) is 0 Å². The predicted octanol–water partition coefficient (Wildman–Crippen LogP) is 1.25. The van der Waals surface area contributed by atoms with Crippen LogP contribution in [0.25, 0.3) is 11.0 Å². The molecule has 0 saturated carbocycles. The van der Waals surface area contributed by atoms with Gasteiger partial charge in [-0.25, -0.2) is 4.79 Å². The van der Waals surface area contributed by atoms with Crippen molar-refractivity contribution >= 4 is 28.9 Å². The zero-order valence-electron chi connectivity index (χ0n) is 19.9. The summed E-state index contributed by atoms with van der Waals surface area (Å²) in [6, 6.07) is 5.44. The molecular formula is C22H32N6O5. The van der Waals surface area contributed by atoms with Gasteiger partial charge in [-0.3, -0.25) is 9.59 Å². The molecule has 1 aromatic carbocycles. The van der Waals surface area contributed by atoms with Crippen LogP contribution in [0.1, 0.15) is 48.0 Å². The lowest BCUT2D eigenvalue weighted by molar-refractivity contribution is -0.141. The van der Waals surface area contributed by atoms with Gasteiger partial charge in [0, 0.05) is 6.42 Å². The van der Waals surface area contributed by atoms with Crippen LogP contribution in [0, 0.1) is 5.41 Å². The molecule has 11 nitrogen and oxygen atoms in total. The molecule has 1 aliphatic heterocycles. The molecule has 3 N–H and O–H groups in total. The highest BCUT2D eigenvalue weighted by atomic mass is 16.7. The van der Waals surface area contributed by atoms with E-state index >= 15 is 0 Å². The molecule has 0 spiro atoms. The first-order chi connectivity index (χ1) is 15.3. The number of nitrogens with two attached hydrogens (primary N) is 1. The summed E-state index contributed by atoms with van der Waals surface area (Å²) in [5, 5.41) is 10.7. The van der Waals surface area contributed by atoms with Gasteiger partial charge in [-0.2, -0.15) is 0 Å². The van der Waals surface area contributed by atoms with Gasteiger partial charge in [-0.15, -0.1) is 5.10 Å². The highest BCUT2D eigenvalue weighted by Crippen LogP contribution is 2.27. The second kappa shape index (κ2) is 8.87. The van der Waals surface area contributed by atoms with E-state index in [0.29, 0.717) is 11.0 Å². The summed E-state index contributed by atoms with van der Waals surface area (Å²) in [4.78, 5) is 46.7. The van der Waals surface area contributed by atoms with E-state index in [2.05, 4.69) is 15.6 Å². The molecule has 33 heavy (non-hydrogen) atoms. The normalized spacial score (nSPS) is 19.9. The maximum Gasteiger partial charge on any atom is 0.408 e. The third kappa shape index (κ3) is 5.71. The topological polar surface area (TPSA) is 142 Å². The Balaban J connectivity index is 1.80. The van der Waals surface area contributed by atoms with Gasteiger partial charge in [0.25, 0.3) is 0 Å². The number of benzene rings is 1. The van der Waals surface area contributed by atoms with Gasteiger partial charge in [-0.05, 0) is 43.5 Å². The maximum absolute atomic E-state index is 13.5. The standard InChI is InChI=1S/C22H32N6O5/c1-21(2,3)17(24-20(31)32-22(4,5)6)19(30)27-12-13(11-16(27)18(23)29)33-28-15-10-8-7-9-14(15)25-26-28/h7-10,13,16-17H,11-12H2,1-6H3,(H2,23,29)(H,24,31)/t13?,16-,17+/m0/s1. The number of hydrogen-bond donors (Lipinski definition) is 2. The molecule has 2 heterocycles. The molecule has 2 aromatic rings. The van der Waals surface area contributed by atoms with Crippen LogP contribution in [0.4, 0.5) is 4.79 Å². The molecule has 180 valence electrons. The number of likely N-dealkylation sites (tertiary alicyclic amines) is 1. The summed E-state index contributed by atoms with van der Waals surface area (Å²) in [7, 11) is 0. The van der Waals surface area contributed by atoms with Crippen LogP contribution in [0.5, 0.6) is 0 Å². The predicted molar refractivity (Wildman–Crippen MR) is 120 cm³/mol. The second-order valence-electron chi connectivity index (χ2n) is 10.3. The fraction of sp³-hybridized carbons (Fsp3) is 0.591. The Morgan fingerprint density at radius 1 is 1.15 bits per heavy atom. The van der Waals surface area contributed by atoms with Crippen LogP contribution >= 0.6 is 0 Å². The summed E-state index contributed by atoms with van der Waals surface area (Å²) in [5.74, 6) is -1.09. The van der Waals surface area contributed by atoms with Crippen molar-refractivity contribution in [2.75, 3.05) is 6.54 Å². The zero-order chi connectivity index (χ0) is 24.6. The number of amides is 3.